The Morgan fingerprint density at radius 3 is 2.68 bits per heavy atom. The van der Waals surface area contributed by atoms with Crippen LogP contribution in [0, 0.1) is 11.8 Å². The van der Waals surface area contributed by atoms with E-state index in [-0.39, 0.29) is 16.6 Å². The van der Waals surface area contributed by atoms with E-state index in [9.17, 15) is 13.8 Å². The Labute approximate surface area is 247 Å². The van der Waals surface area contributed by atoms with Crippen molar-refractivity contribution >= 4 is 44.7 Å². The van der Waals surface area contributed by atoms with E-state index in [1.807, 2.05) is 23.1 Å². The van der Waals surface area contributed by atoms with Crippen molar-refractivity contribution in [2.75, 3.05) is 37.7 Å². The van der Waals surface area contributed by atoms with E-state index in [1.165, 1.54) is 11.1 Å². The molecule has 2 fully saturated rings. The topological polar surface area (TPSA) is 79.0 Å². The van der Waals surface area contributed by atoms with E-state index in [1.54, 1.807) is 6.07 Å². The van der Waals surface area contributed by atoms with Crippen molar-refractivity contribution in [3.8, 4) is 5.75 Å². The van der Waals surface area contributed by atoms with Crippen LogP contribution in [0.15, 0.2) is 36.4 Å². The van der Waals surface area contributed by atoms with Gasteiger partial charge in [-0.3, -0.25) is 14.3 Å². The van der Waals surface area contributed by atoms with Crippen LogP contribution >= 0.6 is 11.6 Å². The summed E-state index contributed by atoms with van der Waals surface area (Å²) in [6.45, 7) is 3.14. The number of amides is 2. The fourth-order valence-corrected chi connectivity index (χ4v) is 9.53. The summed E-state index contributed by atoms with van der Waals surface area (Å²) in [5.41, 5.74) is 3.77. The van der Waals surface area contributed by atoms with Gasteiger partial charge in [-0.1, -0.05) is 17.7 Å². The number of hydrogen-bond acceptors (Lipinski definition) is 5. The maximum Gasteiger partial charge on any atom is 0.262 e. The van der Waals surface area contributed by atoms with Crippen LogP contribution in [0.25, 0.3) is 0 Å². The van der Waals surface area contributed by atoms with Crippen molar-refractivity contribution in [3.63, 3.8) is 0 Å². The summed E-state index contributed by atoms with van der Waals surface area (Å²) in [5.74, 6) is 5.40. The number of carbonyl (C=O) groups is 2. The molecule has 1 unspecified atom stereocenters. The second-order valence-corrected chi connectivity index (χ2v) is 15.6. The molecule has 2 aliphatic carbocycles. The number of ether oxygens (including phenoxy) is 1. The maximum atomic E-state index is 13.6. The smallest absolute Gasteiger partial charge is 0.262 e. The lowest BCUT2D eigenvalue weighted by Crippen LogP contribution is -2.48. The lowest BCUT2D eigenvalue weighted by Gasteiger charge is -2.44. The van der Waals surface area contributed by atoms with E-state index in [4.69, 9.17) is 16.3 Å². The van der Waals surface area contributed by atoms with Gasteiger partial charge in [0, 0.05) is 48.6 Å². The number of hydrogen-bond donors (Lipinski definition) is 1. The van der Waals surface area contributed by atoms with E-state index in [0.29, 0.717) is 49.9 Å². The fraction of sp³-hybridized carbons (Fsp3) is 0.531. The van der Waals surface area contributed by atoms with Crippen LogP contribution in [0.4, 0.5) is 5.69 Å². The molecule has 2 amide bonds. The standard InChI is InChI=1S/C32H38ClN3O4S/c1-41(39)26-12-14-35(18-26)30(37)11-7-21-4-5-24(21)17-36-19-32(13-2-3-22-15-25(33)8-9-27(22)32)20-40-29-10-6-23(16-28(29)36)31(38)34-41/h6,8-10,15-16,21,24,26H,1-5,7,11-14,17-20H2,(H,34,38,39)/t21-,24-,26+,32-,41?/m0/s1. The molecule has 218 valence electrons. The van der Waals surface area contributed by atoms with Crippen molar-refractivity contribution in [2.24, 2.45) is 11.8 Å². The first kappa shape index (κ1) is 27.1. The van der Waals surface area contributed by atoms with Crippen molar-refractivity contribution in [3.05, 3.63) is 58.1 Å². The summed E-state index contributed by atoms with van der Waals surface area (Å²) in [4.78, 5) is 30.8. The lowest BCUT2D eigenvalue weighted by atomic mass is 9.69. The molecule has 1 N–H and O–H groups in total. The summed E-state index contributed by atoms with van der Waals surface area (Å²) in [6.07, 6.45) is 7.35. The predicted octanol–water partition coefficient (Wildman–Crippen LogP) is 4.60. The molecule has 0 aromatic heterocycles. The van der Waals surface area contributed by atoms with Gasteiger partial charge in [0.1, 0.15) is 5.75 Å². The van der Waals surface area contributed by atoms with Gasteiger partial charge in [-0.25, -0.2) is 4.21 Å². The molecule has 5 aliphatic rings. The molecule has 5 atom stereocenters. The minimum Gasteiger partial charge on any atom is -0.490 e. The second-order valence-electron chi connectivity index (χ2n) is 12.8. The number of carbonyl (C=O) groups excluding carboxylic acids is 2. The van der Waals surface area contributed by atoms with Crippen molar-refractivity contribution in [1.29, 1.82) is 0 Å². The van der Waals surface area contributed by atoms with Crippen LogP contribution in [0.1, 0.15) is 66.4 Å². The van der Waals surface area contributed by atoms with E-state index < -0.39 is 15.6 Å². The SMILES string of the molecule is C=S1(=O)NC(=O)c2ccc3c(c2)N(C[C@@H]2CC[C@H]2CCC(=O)N2CC[C@@H]1C2)C[C@@]1(CCCc2cc(Cl)ccc21)CO3. The summed E-state index contributed by atoms with van der Waals surface area (Å²) in [7, 11) is -2.94. The van der Waals surface area contributed by atoms with Gasteiger partial charge in [-0.05, 0) is 104 Å². The van der Waals surface area contributed by atoms with Gasteiger partial charge < -0.3 is 14.5 Å². The number of rotatable bonds is 0. The quantitative estimate of drug-likeness (QED) is 0.451. The van der Waals surface area contributed by atoms with Crippen LogP contribution < -0.4 is 14.4 Å². The van der Waals surface area contributed by atoms with Crippen LogP contribution in [-0.4, -0.2) is 64.8 Å². The first-order chi connectivity index (χ1) is 19.7. The van der Waals surface area contributed by atoms with Crippen LogP contribution in [-0.2, 0) is 26.3 Å². The average molecular weight is 596 g/mol. The molecule has 1 spiro atoms. The van der Waals surface area contributed by atoms with Gasteiger partial charge in [0.25, 0.3) is 5.91 Å². The number of fused-ring (bicyclic) bond motifs is 6. The molecule has 9 heteroatoms. The minimum absolute atomic E-state index is 0.124. The molecule has 0 radical (unpaired) electrons. The zero-order valence-electron chi connectivity index (χ0n) is 23.4. The number of benzene rings is 2. The molecule has 41 heavy (non-hydrogen) atoms. The van der Waals surface area contributed by atoms with Gasteiger partial charge in [-0.2, -0.15) is 0 Å². The number of nitrogens with zero attached hydrogens (tertiary/aromatic N) is 2. The highest BCUT2D eigenvalue weighted by atomic mass is 35.5. The molecular weight excluding hydrogens is 558 g/mol. The number of halogens is 1. The molecule has 3 heterocycles. The van der Waals surface area contributed by atoms with Crippen molar-refractivity contribution < 1.29 is 18.5 Å². The zero-order valence-corrected chi connectivity index (χ0v) is 25.0. The molecule has 1 saturated carbocycles. The van der Waals surface area contributed by atoms with Gasteiger partial charge in [0.15, 0.2) is 0 Å². The molecule has 1 saturated heterocycles. The highest BCUT2D eigenvalue weighted by Crippen LogP contribution is 2.47. The first-order valence-corrected chi connectivity index (χ1v) is 17.1. The summed E-state index contributed by atoms with van der Waals surface area (Å²) >= 11 is 6.40. The first-order valence-electron chi connectivity index (χ1n) is 15.0. The lowest BCUT2D eigenvalue weighted by molar-refractivity contribution is -0.130. The molecule has 7 rings (SSSR count). The van der Waals surface area contributed by atoms with Gasteiger partial charge in [0.05, 0.1) is 27.3 Å². The third-order valence-electron chi connectivity index (χ3n) is 10.4. The van der Waals surface area contributed by atoms with Crippen LogP contribution in [0.3, 0.4) is 0 Å². The van der Waals surface area contributed by atoms with E-state index in [0.717, 1.165) is 68.1 Å². The van der Waals surface area contributed by atoms with Gasteiger partial charge in [-0.15, -0.1) is 0 Å². The van der Waals surface area contributed by atoms with Crippen molar-refractivity contribution in [1.82, 2.24) is 9.62 Å². The number of aryl methyl sites for hydroxylation is 1. The Morgan fingerprint density at radius 2 is 1.85 bits per heavy atom. The largest absolute Gasteiger partial charge is 0.490 e. The molecule has 3 aliphatic heterocycles. The van der Waals surface area contributed by atoms with Gasteiger partial charge >= 0.3 is 0 Å². The Bertz CT molecular complexity index is 1510. The zero-order chi connectivity index (χ0) is 28.4. The fourth-order valence-electron chi connectivity index (χ4n) is 7.83. The van der Waals surface area contributed by atoms with Crippen LogP contribution in [0.5, 0.6) is 5.75 Å². The Morgan fingerprint density at radius 1 is 1.00 bits per heavy atom. The Kier molecular flexibility index (Phi) is 6.77. The molecule has 4 bridgehead atoms. The average Bonchev–Trinajstić information content (AvgIpc) is 3.39. The number of anilines is 1. The van der Waals surface area contributed by atoms with Gasteiger partial charge in [0.2, 0.25) is 5.91 Å². The molecule has 2 aromatic rings. The predicted molar refractivity (Wildman–Crippen MR) is 163 cm³/mol. The minimum atomic E-state index is -2.94. The third-order valence-corrected chi connectivity index (χ3v) is 12.6. The molecule has 2 aromatic carbocycles. The normalized spacial score (nSPS) is 33.2. The monoisotopic (exact) mass is 595 g/mol. The van der Waals surface area contributed by atoms with E-state index in [2.05, 4.69) is 27.6 Å². The highest BCUT2D eigenvalue weighted by molar-refractivity contribution is 7.99. The number of nitrogens with one attached hydrogen (secondary N) is 1. The Hall–Kier alpha value is -2.71. The van der Waals surface area contributed by atoms with E-state index >= 15 is 0 Å². The summed E-state index contributed by atoms with van der Waals surface area (Å²) in [6, 6.07) is 11.8. The van der Waals surface area contributed by atoms with Crippen LogP contribution in [0.2, 0.25) is 5.02 Å². The highest BCUT2D eigenvalue weighted by Gasteiger charge is 2.44. The summed E-state index contributed by atoms with van der Waals surface area (Å²) in [5, 5.41) is 0.415. The molecular formula is C32H38ClN3O4S. The maximum absolute atomic E-state index is 13.6. The Balaban J connectivity index is 1.28. The molecule has 7 nitrogen and oxygen atoms in total. The summed E-state index contributed by atoms with van der Waals surface area (Å²) < 4.78 is 22.9. The third kappa shape index (κ3) is 4.91. The van der Waals surface area contributed by atoms with Crippen molar-refractivity contribution in [2.45, 2.75) is 62.0 Å². The second kappa shape index (κ2) is 10.2.